The maximum atomic E-state index is 12.5. The minimum Gasteiger partial charge on any atom is -0.370 e. The van der Waals surface area contributed by atoms with Crippen molar-refractivity contribution < 1.29 is 9.59 Å². The largest absolute Gasteiger partial charge is 0.370 e. The van der Waals surface area contributed by atoms with E-state index in [1.54, 1.807) is 23.9 Å². The van der Waals surface area contributed by atoms with Gasteiger partial charge in [0.05, 0.1) is 17.1 Å². The molecular weight excluding hydrogens is 370 g/mol. The smallest absolute Gasteiger partial charge is 0.248 e. The molecule has 0 aliphatic carbocycles. The third-order valence-electron chi connectivity index (χ3n) is 4.87. The Labute approximate surface area is 170 Å². The quantitative estimate of drug-likeness (QED) is 0.742. The number of hydrogen-bond acceptors (Lipinski definition) is 4. The van der Waals surface area contributed by atoms with Crippen LogP contribution < -0.4 is 16.0 Å². The van der Waals surface area contributed by atoms with Gasteiger partial charge in [0, 0.05) is 24.4 Å². The molecule has 2 aromatic carbocycles. The number of rotatable bonds is 7. The summed E-state index contributed by atoms with van der Waals surface area (Å²) in [7, 11) is 0. The second-order valence-electron chi connectivity index (χ2n) is 7.17. The van der Waals surface area contributed by atoms with Crippen LogP contribution in [-0.2, 0) is 10.5 Å². The molecule has 1 fully saturated rings. The number of carbonyl (C=O) groups excluding carboxylic acids is 2. The Balaban J connectivity index is 1.64. The Kier molecular flexibility index (Phi) is 6.98. The third-order valence-corrected chi connectivity index (χ3v) is 5.88. The SMILES string of the molecule is Cc1ccc(CSCC(=O)Nc2cc(C(N)=O)ccc2N2CCCCC2)cc1. The summed E-state index contributed by atoms with van der Waals surface area (Å²) in [4.78, 5) is 26.3. The van der Waals surface area contributed by atoms with Crippen LogP contribution in [0, 0.1) is 6.92 Å². The van der Waals surface area contributed by atoms with E-state index in [2.05, 4.69) is 41.4 Å². The Hall–Kier alpha value is -2.47. The lowest BCUT2D eigenvalue weighted by molar-refractivity contribution is -0.113. The second-order valence-corrected chi connectivity index (χ2v) is 8.16. The van der Waals surface area contributed by atoms with Crippen LogP contribution in [0.25, 0.3) is 0 Å². The summed E-state index contributed by atoms with van der Waals surface area (Å²) in [6.07, 6.45) is 3.50. The molecule has 148 valence electrons. The molecule has 0 unspecified atom stereocenters. The number of nitrogens with one attached hydrogen (secondary N) is 1. The van der Waals surface area contributed by atoms with Gasteiger partial charge < -0.3 is 16.0 Å². The van der Waals surface area contributed by atoms with Crippen LogP contribution >= 0.6 is 11.8 Å². The molecule has 6 heteroatoms. The zero-order valence-electron chi connectivity index (χ0n) is 16.2. The van der Waals surface area contributed by atoms with Crippen molar-refractivity contribution in [3.05, 3.63) is 59.2 Å². The van der Waals surface area contributed by atoms with Crippen LogP contribution in [0.2, 0.25) is 0 Å². The van der Waals surface area contributed by atoms with Crippen molar-refractivity contribution in [3.63, 3.8) is 0 Å². The molecule has 1 saturated heterocycles. The van der Waals surface area contributed by atoms with Crippen molar-refractivity contribution in [2.75, 3.05) is 29.1 Å². The van der Waals surface area contributed by atoms with E-state index in [-0.39, 0.29) is 5.91 Å². The van der Waals surface area contributed by atoms with Crippen molar-refractivity contribution in [3.8, 4) is 0 Å². The second kappa shape index (κ2) is 9.64. The molecule has 5 nitrogen and oxygen atoms in total. The van der Waals surface area contributed by atoms with E-state index in [4.69, 9.17) is 5.73 Å². The van der Waals surface area contributed by atoms with Crippen LogP contribution in [0.15, 0.2) is 42.5 Å². The average Bonchev–Trinajstić information content (AvgIpc) is 2.70. The molecule has 0 aromatic heterocycles. The first kappa shape index (κ1) is 20.3. The fraction of sp³-hybridized carbons (Fsp3) is 0.364. The van der Waals surface area contributed by atoms with Gasteiger partial charge in [-0.15, -0.1) is 11.8 Å². The molecule has 2 amide bonds. The number of nitrogens with two attached hydrogens (primary N) is 1. The highest BCUT2D eigenvalue weighted by Crippen LogP contribution is 2.30. The number of anilines is 2. The standard InChI is InChI=1S/C22H27N3O2S/c1-16-5-7-17(8-6-16)14-28-15-21(26)24-19-13-18(22(23)27)9-10-20(19)25-11-3-2-4-12-25/h5-10,13H,2-4,11-12,14-15H2,1H3,(H2,23,27)(H,24,26). The van der Waals surface area contributed by atoms with Crippen molar-refractivity contribution in [2.24, 2.45) is 5.73 Å². The first-order valence-electron chi connectivity index (χ1n) is 9.65. The van der Waals surface area contributed by atoms with E-state index in [9.17, 15) is 9.59 Å². The molecule has 0 radical (unpaired) electrons. The van der Waals surface area contributed by atoms with E-state index in [1.807, 2.05) is 6.07 Å². The van der Waals surface area contributed by atoms with Gasteiger partial charge in [-0.3, -0.25) is 9.59 Å². The number of benzene rings is 2. The number of nitrogens with zero attached hydrogens (tertiary/aromatic N) is 1. The number of amides is 2. The topological polar surface area (TPSA) is 75.4 Å². The summed E-state index contributed by atoms with van der Waals surface area (Å²) in [5.74, 6) is 0.578. The molecular formula is C22H27N3O2S. The molecule has 1 heterocycles. The molecule has 0 saturated carbocycles. The Morgan fingerprint density at radius 3 is 2.46 bits per heavy atom. The molecule has 0 spiro atoms. The summed E-state index contributed by atoms with van der Waals surface area (Å²) >= 11 is 1.57. The summed E-state index contributed by atoms with van der Waals surface area (Å²) in [6, 6.07) is 13.6. The number of aryl methyl sites for hydroxylation is 1. The lowest BCUT2D eigenvalue weighted by Crippen LogP contribution is -2.30. The summed E-state index contributed by atoms with van der Waals surface area (Å²) in [5, 5.41) is 2.99. The molecule has 0 bridgehead atoms. The van der Waals surface area contributed by atoms with Gasteiger partial charge >= 0.3 is 0 Å². The fourth-order valence-electron chi connectivity index (χ4n) is 3.33. The molecule has 1 aliphatic rings. The monoisotopic (exact) mass is 397 g/mol. The van der Waals surface area contributed by atoms with Crippen molar-refractivity contribution in [2.45, 2.75) is 31.9 Å². The first-order chi connectivity index (χ1) is 13.5. The molecule has 2 aromatic rings. The molecule has 0 atom stereocenters. The van der Waals surface area contributed by atoms with Crippen LogP contribution in [0.5, 0.6) is 0 Å². The number of piperidine rings is 1. The zero-order chi connectivity index (χ0) is 19.9. The van der Waals surface area contributed by atoms with E-state index in [0.717, 1.165) is 37.4 Å². The molecule has 1 aliphatic heterocycles. The predicted molar refractivity (Wildman–Crippen MR) is 117 cm³/mol. The molecule has 3 rings (SSSR count). The maximum Gasteiger partial charge on any atom is 0.248 e. The number of primary amides is 1. The van der Waals surface area contributed by atoms with Crippen molar-refractivity contribution >= 4 is 35.0 Å². The number of carbonyl (C=O) groups is 2. The minimum atomic E-state index is -0.491. The van der Waals surface area contributed by atoms with Gasteiger partial charge in [0.25, 0.3) is 0 Å². The van der Waals surface area contributed by atoms with Gasteiger partial charge in [0.2, 0.25) is 11.8 Å². The predicted octanol–water partition coefficient (Wildman–Crippen LogP) is 3.96. The first-order valence-corrected chi connectivity index (χ1v) is 10.8. The normalized spacial score (nSPS) is 14.0. The highest BCUT2D eigenvalue weighted by molar-refractivity contribution is 7.99. The summed E-state index contributed by atoms with van der Waals surface area (Å²) in [6.45, 7) is 3.98. The zero-order valence-corrected chi connectivity index (χ0v) is 17.1. The van der Waals surface area contributed by atoms with Gasteiger partial charge in [0.1, 0.15) is 0 Å². The molecule has 28 heavy (non-hydrogen) atoms. The van der Waals surface area contributed by atoms with Crippen LogP contribution in [0.1, 0.15) is 40.7 Å². The van der Waals surface area contributed by atoms with Gasteiger partial charge in [-0.25, -0.2) is 0 Å². The van der Waals surface area contributed by atoms with E-state index < -0.39 is 5.91 Å². The van der Waals surface area contributed by atoms with Gasteiger partial charge in [-0.1, -0.05) is 29.8 Å². The Morgan fingerprint density at radius 2 is 1.79 bits per heavy atom. The molecule has 3 N–H and O–H groups in total. The van der Waals surface area contributed by atoms with Crippen molar-refractivity contribution in [1.82, 2.24) is 0 Å². The van der Waals surface area contributed by atoms with Crippen LogP contribution in [0.4, 0.5) is 11.4 Å². The summed E-state index contributed by atoms with van der Waals surface area (Å²) < 4.78 is 0. The Bertz CT molecular complexity index is 830. The van der Waals surface area contributed by atoms with E-state index in [1.165, 1.54) is 17.5 Å². The maximum absolute atomic E-state index is 12.5. The van der Waals surface area contributed by atoms with Gasteiger partial charge in [-0.2, -0.15) is 0 Å². The van der Waals surface area contributed by atoms with E-state index >= 15 is 0 Å². The fourth-order valence-corrected chi connectivity index (χ4v) is 4.12. The van der Waals surface area contributed by atoms with Gasteiger partial charge in [0.15, 0.2) is 0 Å². The highest BCUT2D eigenvalue weighted by atomic mass is 32.2. The lowest BCUT2D eigenvalue weighted by atomic mass is 10.1. The highest BCUT2D eigenvalue weighted by Gasteiger charge is 2.17. The lowest BCUT2D eigenvalue weighted by Gasteiger charge is -2.30. The minimum absolute atomic E-state index is 0.0722. The summed E-state index contributed by atoms with van der Waals surface area (Å²) in [5.41, 5.74) is 9.89. The van der Waals surface area contributed by atoms with Gasteiger partial charge in [-0.05, 0) is 49.9 Å². The average molecular weight is 398 g/mol. The van der Waals surface area contributed by atoms with Crippen LogP contribution in [0.3, 0.4) is 0 Å². The Morgan fingerprint density at radius 1 is 1.07 bits per heavy atom. The number of hydrogen-bond donors (Lipinski definition) is 2. The van der Waals surface area contributed by atoms with Crippen molar-refractivity contribution in [1.29, 1.82) is 0 Å². The number of thioether (sulfide) groups is 1. The third kappa shape index (κ3) is 5.52. The van der Waals surface area contributed by atoms with Crippen LogP contribution in [-0.4, -0.2) is 30.7 Å². The van der Waals surface area contributed by atoms with E-state index in [0.29, 0.717) is 17.0 Å².